The summed E-state index contributed by atoms with van der Waals surface area (Å²) in [7, 11) is 1.62. The van der Waals surface area contributed by atoms with Gasteiger partial charge in [0.05, 0.1) is 19.0 Å². The van der Waals surface area contributed by atoms with Crippen molar-refractivity contribution in [2.24, 2.45) is 5.73 Å². The first-order chi connectivity index (χ1) is 8.31. The van der Waals surface area contributed by atoms with Crippen LogP contribution in [0.1, 0.15) is 5.69 Å². The summed E-state index contributed by atoms with van der Waals surface area (Å²) in [4.78, 5) is 4.15. The van der Waals surface area contributed by atoms with Crippen LogP contribution in [0, 0.1) is 0 Å². The molecule has 0 saturated carbocycles. The van der Waals surface area contributed by atoms with Crippen LogP contribution in [-0.2, 0) is 6.54 Å². The van der Waals surface area contributed by atoms with Gasteiger partial charge in [-0.1, -0.05) is 6.07 Å². The molecule has 1 aromatic carbocycles. The number of nitrogens with two attached hydrogens (primary N) is 1. The highest BCUT2D eigenvalue weighted by Crippen LogP contribution is 2.24. The number of aromatic nitrogens is 1. The first kappa shape index (κ1) is 11.4. The van der Waals surface area contributed by atoms with Gasteiger partial charge < -0.3 is 15.2 Å². The van der Waals surface area contributed by atoms with E-state index in [0.717, 1.165) is 11.4 Å². The van der Waals surface area contributed by atoms with Gasteiger partial charge in [0, 0.05) is 12.6 Å². The first-order valence-corrected chi connectivity index (χ1v) is 5.28. The van der Waals surface area contributed by atoms with Gasteiger partial charge in [0.15, 0.2) is 0 Å². The summed E-state index contributed by atoms with van der Waals surface area (Å²) in [6.07, 6.45) is 1.65. The molecule has 2 aromatic rings. The lowest BCUT2D eigenvalue weighted by molar-refractivity contribution is 0.409. The van der Waals surface area contributed by atoms with Crippen molar-refractivity contribution in [3.8, 4) is 17.2 Å². The summed E-state index contributed by atoms with van der Waals surface area (Å²) in [6, 6.07) is 11.1. The van der Waals surface area contributed by atoms with Crippen LogP contribution in [0.3, 0.4) is 0 Å². The summed E-state index contributed by atoms with van der Waals surface area (Å²) in [5, 5.41) is 0. The molecule has 0 saturated heterocycles. The van der Waals surface area contributed by atoms with E-state index in [1.807, 2.05) is 36.4 Å². The van der Waals surface area contributed by atoms with E-state index < -0.39 is 0 Å². The molecular weight excluding hydrogens is 216 g/mol. The van der Waals surface area contributed by atoms with Crippen LogP contribution in [0.2, 0.25) is 0 Å². The van der Waals surface area contributed by atoms with Gasteiger partial charge in [-0.15, -0.1) is 0 Å². The molecule has 0 aliphatic rings. The third-order valence-electron chi connectivity index (χ3n) is 2.28. The summed E-state index contributed by atoms with van der Waals surface area (Å²) in [6.45, 7) is 0.430. The SMILES string of the molecule is COc1cccc(Oc2ccc(CN)nc2)c1. The minimum Gasteiger partial charge on any atom is -0.497 e. The first-order valence-electron chi connectivity index (χ1n) is 5.28. The number of benzene rings is 1. The quantitative estimate of drug-likeness (QED) is 0.875. The average Bonchev–Trinajstić information content (AvgIpc) is 2.40. The molecule has 17 heavy (non-hydrogen) atoms. The maximum atomic E-state index is 5.64. The molecule has 0 amide bonds. The Balaban J connectivity index is 2.13. The van der Waals surface area contributed by atoms with Crippen LogP contribution in [0.15, 0.2) is 42.6 Å². The molecule has 0 spiro atoms. The van der Waals surface area contributed by atoms with E-state index in [-0.39, 0.29) is 0 Å². The normalized spacial score (nSPS) is 10.0. The highest BCUT2D eigenvalue weighted by atomic mass is 16.5. The molecule has 88 valence electrons. The number of methoxy groups -OCH3 is 1. The van der Waals surface area contributed by atoms with Crippen molar-refractivity contribution in [1.82, 2.24) is 4.98 Å². The maximum absolute atomic E-state index is 5.64. The van der Waals surface area contributed by atoms with Crippen molar-refractivity contribution >= 4 is 0 Å². The van der Waals surface area contributed by atoms with Crippen LogP contribution in [0.5, 0.6) is 17.2 Å². The van der Waals surface area contributed by atoms with Crippen molar-refractivity contribution in [2.75, 3.05) is 7.11 Å². The van der Waals surface area contributed by atoms with Gasteiger partial charge in [-0.3, -0.25) is 4.98 Å². The molecule has 2 N–H and O–H groups in total. The Kier molecular flexibility index (Phi) is 3.57. The third-order valence-corrected chi connectivity index (χ3v) is 2.28. The molecule has 0 aliphatic heterocycles. The Morgan fingerprint density at radius 2 is 1.94 bits per heavy atom. The topological polar surface area (TPSA) is 57.4 Å². The molecule has 1 heterocycles. The molecule has 4 nitrogen and oxygen atoms in total. The van der Waals surface area contributed by atoms with E-state index >= 15 is 0 Å². The molecule has 0 aliphatic carbocycles. The summed E-state index contributed by atoms with van der Waals surface area (Å²) < 4.78 is 10.8. The van der Waals surface area contributed by atoms with Crippen LogP contribution in [0.25, 0.3) is 0 Å². The second-order valence-corrected chi connectivity index (χ2v) is 3.47. The lowest BCUT2D eigenvalue weighted by atomic mass is 10.3. The summed E-state index contributed by atoms with van der Waals surface area (Å²) in [5.41, 5.74) is 6.31. The van der Waals surface area contributed by atoms with Crippen molar-refractivity contribution in [3.05, 3.63) is 48.3 Å². The van der Waals surface area contributed by atoms with Gasteiger partial charge in [-0.05, 0) is 24.3 Å². The zero-order chi connectivity index (χ0) is 12.1. The van der Waals surface area contributed by atoms with Crippen molar-refractivity contribution < 1.29 is 9.47 Å². The number of hydrogen-bond acceptors (Lipinski definition) is 4. The van der Waals surface area contributed by atoms with Gasteiger partial charge in [0.2, 0.25) is 0 Å². The van der Waals surface area contributed by atoms with E-state index in [4.69, 9.17) is 15.2 Å². The molecule has 4 heteroatoms. The molecule has 0 atom stereocenters. The minimum atomic E-state index is 0.430. The largest absolute Gasteiger partial charge is 0.497 e. The highest BCUT2D eigenvalue weighted by molar-refractivity contribution is 5.36. The Morgan fingerprint density at radius 3 is 2.59 bits per heavy atom. The van der Waals surface area contributed by atoms with Gasteiger partial charge in [-0.2, -0.15) is 0 Å². The Labute approximate surface area is 100 Å². The van der Waals surface area contributed by atoms with Crippen LogP contribution in [0.4, 0.5) is 0 Å². The number of nitrogens with zero attached hydrogens (tertiary/aromatic N) is 1. The average molecular weight is 230 g/mol. The van der Waals surface area contributed by atoms with E-state index in [0.29, 0.717) is 18.0 Å². The van der Waals surface area contributed by atoms with Crippen molar-refractivity contribution in [1.29, 1.82) is 0 Å². The lowest BCUT2D eigenvalue weighted by Gasteiger charge is -2.07. The number of pyridine rings is 1. The molecule has 0 fully saturated rings. The fourth-order valence-electron chi connectivity index (χ4n) is 1.39. The lowest BCUT2D eigenvalue weighted by Crippen LogP contribution is -1.98. The zero-order valence-electron chi connectivity index (χ0n) is 9.59. The van der Waals surface area contributed by atoms with E-state index in [2.05, 4.69) is 4.98 Å². The maximum Gasteiger partial charge on any atom is 0.145 e. The van der Waals surface area contributed by atoms with Crippen LogP contribution >= 0.6 is 0 Å². The van der Waals surface area contributed by atoms with Crippen LogP contribution in [-0.4, -0.2) is 12.1 Å². The van der Waals surface area contributed by atoms with E-state index in [1.54, 1.807) is 13.3 Å². The van der Waals surface area contributed by atoms with Gasteiger partial charge >= 0.3 is 0 Å². The summed E-state index contributed by atoms with van der Waals surface area (Å²) in [5.74, 6) is 2.15. The Bertz CT molecular complexity index is 483. The van der Waals surface area contributed by atoms with Gasteiger partial charge in [0.1, 0.15) is 17.2 Å². The number of rotatable bonds is 4. The Hall–Kier alpha value is -2.07. The minimum absolute atomic E-state index is 0.430. The molecule has 0 bridgehead atoms. The highest BCUT2D eigenvalue weighted by Gasteiger charge is 1.99. The second-order valence-electron chi connectivity index (χ2n) is 3.47. The van der Waals surface area contributed by atoms with Crippen molar-refractivity contribution in [2.45, 2.75) is 6.54 Å². The Morgan fingerprint density at radius 1 is 1.12 bits per heavy atom. The zero-order valence-corrected chi connectivity index (χ0v) is 9.59. The van der Waals surface area contributed by atoms with Gasteiger partial charge in [-0.25, -0.2) is 0 Å². The molecular formula is C13H14N2O2. The smallest absolute Gasteiger partial charge is 0.145 e. The van der Waals surface area contributed by atoms with E-state index in [9.17, 15) is 0 Å². The summed E-state index contributed by atoms with van der Waals surface area (Å²) >= 11 is 0. The molecule has 2 rings (SSSR count). The number of ether oxygens (including phenoxy) is 2. The van der Waals surface area contributed by atoms with Gasteiger partial charge in [0.25, 0.3) is 0 Å². The standard InChI is InChI=1S/C13H14N2O2/c1-16-11-3-2-4-12(7-11)17-13-6-5-10(8-14)15-9-13/h2-7,9H,8,14H2,1H3. The molecule has 0 unspecified atom stereocenters. The predicted octanol–water partition coefficient (Wildman–Crippen LogP) is 2.34. The monoisotopic (exact) mass is 230 g/mol. The van der Waals surface area contributed by atoms with Crippen LogP contribution < -0.4 is 15.2 Å². The predicted molar refractivity (Wildman–Crippen MR) is 65.2 cm³/mol. The number of hydrogen-bond donors (Lipinski definition) is 1. The van der Waals surface area contributed by atoms with Crippen molar-refractivity contribution in [3.63, 3.8) is 0 Å². The fraction of sp³-hybridized carbons (Fsp3) is 0.154. The van der Waals surface area contributed by atoms with E-state index in [1.165, 1.54) is 0 Å². The third kappa shape index (κ3) is 2.95. The second kappa shape index (κ2) is 5.32. The fourth-order valence-corrected chi connectivity index (χ4v) is 1.39. The molecule has 1 aromatic heterocycles. The molecule has 0 radical (unpaired) electrons.